The molecule has 1 aliphatic rings. The smallest absolute Gasteiger partial charge is 0.0451 e. The van der Waals surface area contributed by atoms with Crippen LogP contribution in [0, 0.1) is 5.41 Å². The molecule has 0 heterocycles. The number of hydrogen-bond donors (Lipinski definition) is 1. The Hall–Kier alpha value is -0.180. The minimum absolute atomic E-state index is 0.414. The van der Waals surface area contributed by atoms with Crippen LogP contribution >= 0.6 is 24.2 Å². The fourth-order valence-corrected chi connectivity index (χ4v) is 3.83. The number of rotatable bonds is 5. The number of thiol groups is 1. The van der Waals surface area contributed by atoms with Gasteiger partial charge in [-0.1, -0.05) is 49.1 Å². The molecule has 0 spiro atoms. The highest BCUT2D eigenvalue weighted by molar-refractivity contribution is 7.80. The highest BCUT2D eigenvalue weighted by atomic mass is 35.5. The van der Waals surface area contributed by atoms with Gasteiger partial charge in [0.1, 0.15) is 0 Å². The van der Waals surface area contributed by atoms with E-state index in [9.17, 15) is 0 Å². The van der Waals surface area contributed by atoms with Crippen molar-refractivity contribution >= 4 is 24.2 Å². The minimum atomic E-state index is 0.414. The molecule has 1 saturated carbocycles. The molecular weight excluding hydrogens is 274 g/mol. The second-order valence-corrected chi connectivity index (χ2v) is 6.71. The molecule has 1 aromatic rings. The maximum absolute atomic E-state index is 6.24. The first-order valence-corrected chi connectivity index (χ1v) is 8.19. The second kappa shape index (κ2) is 7.01. The van der Waals surface area contributed by atoms with Crippen LogP contribution in [0.1, 0.15) is 37.7 Å². The SMILES string of the molecule is CN(Cc1ccccc1Cl)CC1(CS)CCCCC1. The Balaban J connectivity index is 1.96. The fourth-order valence-electron chi connectivity index (χ4n) is 3.21. The molecule has 0 N–H and O–H groups in total. The van der Waals surface area contributed by atoms with Crippen molar-refractivity contribution in [2.24, 2.45) is 5.41 Å². The monoisotopic (exact) mass is 297 g/mol. The van der Waals surface area contributed by atoms with E-state index in [1.807, 2.05) is 12.1 Å². The van der Waals surface area contributed by atoms with Crippen LogP contribution in [0.25, 0.3) is 0 Å². The van der Waals surface area contributed by atoms with Gasteiger partial charge in [-0.05, 0) is 42.7 Å². The molecule has 0 saturated heterocycles. The normalized spacial score (nSPS) is 18.7. The van der Waals surface area contributed by atoms with Crippen molar-refractivity contribution < 1.29 is 0 Å². The van der Waals surface area contributed by atoms with Crippen molar-refractivity contribution in [2.75, 3.05) is 19.3 Å². The quantitative estimate of drug-likeness (QED) is 0.774. The maximum atomic E-state index is 6.24. The van der Waals surface area contributed by atoms with Gasteiger partial charge in [0.05, 0.1) is 0 Å². The van der Waals surface area contributed by atoms with Crippen molar-refractivity contribution in [3.63, 3.8) is 0 Å². The summed E-state index contributed by atoms with van der Waals surface area (Å²) in [5.74, 6) is 1.000. The predicted octanol–water partition coefficient (Wildman–Crippen LogP) is 4.65. The van der Waals surface area contributed by atoms with Gasteiger partial charge in [0.15, 0.2) is 0 Å². The molecule has 1 aliphatic carbocycles. The molecule has 0 radical (unpaired) electrons. The van der Waals surface area contributed by atoms with E-state index in [1.165, 1.54) is 37.7 Å². The average molecular weight is 298 g/mol. The summed E-state index contributed by atoms with van der Waals surface area (Å²) in [4.78, 5) is 2.41. The van der Waals surface area contributed by atoms with Crippen LogP contribution in [-0.4, -0.2) is 24.2 Å². The summed E-state index contributed by atoms with van der Waals surface area (Å²) in [6.45, 7) is 2.05. The van der Waals surface area contributed by atoms with Crippen molar-refractivity contribution in [3.05, 3.63) is 34.9 Å². The first kappa shape index (κ1) is 15.2. The lowest BCUT2D eigenvalue weighted by molar-refractivity contribution is 0.140. The predicted molar refractivity (Wildman–Crippen MR) is 87.2 cm³/mol. The number of hydrogen-bond acceptors (Lipinski definition) is 2. The fraction of sp³-hybridized carbons (Fsp3) is 0.625. The first-order chi connectivity index (χ1) is 9.15. The van der Waals surface area contributed by atoms with Crippen LogP contribution in [0.3, 0.4) is 0 Å². The topological polar surface area (TPSA) is 3.24 Å². The van der Waals surface area contributed by atoms with Crippen molar-refractivity contribution in [1.29, 1.82) is 0 Å². The van der Waals surface area contributed by atoms with Crippen LogP contribution in [0.4, 0.5) is 0 Å². The van der Waals surface area contributed by atoms with E-state index in [4.69, 9.17) is 11.6 Å². The van der Waals surface area contributed by atoms with Crippen molar-refractivity contribution in [3.8, 4) is 0 Å². The Morgan fingerprint density at radius 3 is 2.53 bits per heavy atom. The highest BCUT2D eigenvalue weighted by Gasteiger charge is 2.31. The molecule has 106 valence electrons. The van der Waals surface area contributed by atoms with Gasteiger partial charge in [0, 0.05) is 18.1 Å². The van der Waals surface area contributed by atoms with Gasteiger partial charge in [0.2, 0.25) is 0 Å². The van der Waals surface area contributed by atoms with Gasteiger partial charge in [-0.3, -0.25) is 0 Å². The van der Waals surface area contributed by atoms with E-state index in [0.717, 1.165) is 23.9 Å². The minimum Gasteiger partial charge on any atom is -0.301 e. The molecule has 2 rings (SSSR count). The number of benzene rings is 1. The lowest BCUT2D eigenvalue weighted by atomic mass is 9.75. The third-order valence-corrected chi connectivity index (χ3v) is 5.29. The zero-order valence-corrected chi connectivity index (χ0v) is 13.4. The third-order valence-electron chi connectivity index (χ3n) is 4.25. The van der Waals surface area contributed by atoms with Crippen molar-refractivity contribution in [1.82, 2.24) is 4.90 Å². The largest absolute Gasteiger partial charge is 0.301 e. The summed E-state index contributed by atoms with van der Waals surface area (Å²) in [7, 11) is 2.20. The Labute approximate surface area is 127 Å². The Bertz CT molecular complexity index is 401. The van der Waals surface area contributed by atoms with Gasteiger partial charge < -0.3 is 4.90 Å². The molecule has 3 heteroatoms. The summed E-state index contributed by atoms with van der Waals surface area (Å²) in [5.41, 5.74) is 1.63. The standard InChI is InChI=1S/C16H24ClNS/c1-18(11-14-7-3-4-8-15(14)17)12-16(13-19)9-5-2-6-10-16/h3-4,7-8,19H,2,5-6,9-13H2,1H3. The average Bonchev–Trinajstić information content (AvgIpc) is 2.42. The van der Waals surface area contributed by atoms with Gasteiger partial charge >= 0.3 is 0 Å². The molecule has 0 aliphatic heterocycles. The summed E-state index contributed by atoms with van der Waals surface area (Å²) >= 11 is 10.9. The summed E-state index contributed by atoms with van der Waals surface area (Å²) in [5, 5.41) is 0.873. The summed E-state index contributed by atoms with van der Waals surface area (Å²) < 4.78 is 0. The van der Waals surface area contributed by atoms with E-state index in [1.54, 1.807) is 0 Å². The molecule has 0 unspecified atom stereocenters. The van der Waals surface area contributed by atoms with E-state index < -0.39 is 0 Å². The van der Waals surface area contributed by atoms with Crippen LogP contribution in [-0.2, 0) is 6.54 Å². The van der Waals surface area contributed by atoms with E-state index in [2.05, 4.69) is 36.7 Å². The van der Waals surface area contributed by atoms with Gasteiger partial charge in [-0.15, -0.1) is 0 Å². The molecule has 0 amide bonds. The van der Waals surface area contributed by atoms with Crippen LogP contribution in [0.5, 0.6) is 0 Å². The lowest BCUT2D eigenvalue weighted by Crippen LogP contribution is -2.38. The zero-order chi connectivity index (χ0) is 13.7. The summed E-state index contributed by atoms with van der Waals surface area (Å²) in [6, 6.07) is 8.14. The van der Waals surface area contributed by atoms with E-state index in [-0.39, 0.29) is 0 Å². The number of halogens is 1. The molecule has 0 atom stereocenters. The van der Waals surface area contributed by atoms with E-state index in [0.29, 0.717) is 5.41 Å². The lowest BCUT2D eigenvalue weighted by Gasteiger charge is -2.39. The third kappa shape index (κ3) is 4.14. The Morgan fingerprint density at radius 2 is 1.89 bits per heavy atom. The molecule has 1 nitrogen and oxygen atoms in total. The first-order valence-electron chi connectivity index (χ1n) is 7.18. The van der Waals surface area contributed by atoms with Gasteiger partial charge in [0.25, 0.3) is 0 Å². The van der Waals surface area contributed by atoms with Crippen molar-refractivity contribution in [2.45, 2.75) is 38.6 Å². The van der Waals surface area contributed by atoms with Crippen LogP contribution in [0.2, 0.25) is 5.02 Å². The Morgan fingerprint density at radius 1 is 1.21 bits per heavy atom. The molecule has 19 heavy (non-hydrogen) atoms. The number of nitrogens with zero attached hydrogens (tertiary/aromatic N) is 1. The van der Waals surface area contributed by atoms with Gasteiger partial charge in [-0.2, -0.15) is 12.6 Å². The van der Waals surface area contributed by atoms with Crippen LogP contribution in [0.15, 0.2) is 24.3 Å². The highest BCUT2D eigenvalue weighted by Crippen LogP contribution is 2.38. The van der Waals surface area contributed by atoms with Crippen LogP contribution < -0.4 is 0 Å². The molecule has 1 fully saturated rings. The molecule has 1 aromatic carbocycles. The second-order valence-electron chi connectivity index (χ2n) is 5.98. The van der Waals surface area contributed by atoms with E-state index >= 15 is 0 Å². The maximum Gasteiger partial charge on any atom is 0.0451 e. The molecule has 0 aromatic heterocycles. The van der Waals surface area contributed by atoms with Gasteiger partial charge in [-0.25, -0.2) is 0 Å². The Kier molecular flexibility index (Phi) is 5.61. The zero-order valence-electron chi connectivity index (χ0n) is 11.7. The molecule has 0 bridgehead atoms. The summed E-state index contributed by atoms with van der Waals surface area (Å²) in [6.07, 6.45) is 6.76. The molecular formula is C16H24ClNS.